The minimum Gasteiger partial charge on any atom is -0.446 e. The van der Waals surface area contributed by atoms with Crippen LogP contribution in [0.1, 0.15) is 63.6 Å². The number of carbonyl (C=O) groups is 2. The average molecular weight is 370 g/mol. The Hall–Kier alpha value is -2.10. The van der Waals surface area contributed by atoms with Crippen molar-refractivity contribution in [2.45, 2.75) is 65.5 Å². The van der Waals surface area contributed by atoms with Crippen molar-refractivity contribution in [1.82, 2.24) is 4.90 Å². The van der Waals surface area contributed by atoms with Crippen molar-refractivity contribution >= 4 is 11.9 Å². The first-order valence-electron chi connectivity index (χ1n) is 10.1. The van der Waals surface area contributed by atoms with E-state index in [-0.39, 0.29) is 24.0 Å². The number of aryl methyl sites for hydroxylation is 1. The van der Waals surface area contributed by atoms with Gasteiger partial charge in [-0.05, 0) is 49.2 Å². The molecule has 1 aromatic carbocycles. The fourth-order valence-corrected chi connectivity index (χ4v) is 4.32. The van der Waals surface area contributed by atoms with Gasteiger partial charge in [-0.25, -0.2) is 4.79 Å². The summed E-state index contributed by atoms with van der Waals surface area (Å²) < 4.78 is 6.01. The highest BCUT2D eigenvalue weighted by molar-refractivity contribution is 5.92. The summed E-state index contributed by atoms with van der Waals surface area (Å²) in [6.07, 6.45) is 6.20. The summed E-state index contributed by atoms with van der Waals surface area (Å²) in [4.78, 5) is 26.6. The molecule has 0 spiro atoms. The summed E-state index contributed by atoms with van der Waals surface area (Å²) >= 11 is 0. The molecule has 1 amide bonds. The Morgan fingerprint density at radius 2 is 1.89 bits per heavy atom. The molecule has 0 saturated heterocycles. The van der Waals surface area contributed by atoms with Crippen LogP contribution in [0.3, 0.4) is 0 Å². The van der Waals surface area contributed by atoms with Gasteiger partial charge in [0.15, 0.2) is 5.78 Å². The SMILES string of the molecule is Cc1ccc([C@H]2CC(=O)C=CN2C(=O)O[C@@H]2C[C@H](C)CC[C@H]2C(C)C)cc1. The first-order chi connectivity index (χ1) is 12.8. The van der Waals surface area contributed by atoms with Gasteiger partial charge in [-0.1, -0.05) is 57.0 Å². The number of amides is 1. The molecule has 0 bridgehead atoms. The summed E-state index contributed by atoms with van der Waals surface area (Å²) in [7, 11) is 0. The average Bonchev–Trinajstić information content (AvgIpc) is 2.62. The van der Waals surface area contributed by atoms with E-state index in [0.29, 0.717) is 24.2 Å². The lowest BCUT2D eigenvalue weighted by atomic mass is 9.75. The van der Waals surface area contributed by atoms with Crippen LogP contribution >= 0.6 is 0 Å². The van der Waals surface area contributed by atoms with Crippen LogP contribution in [0.25, 0.3) is 0 Å². The van der Waals surface area contributed by atoms with E-state index in [0.717, 1.165) is 24.0 Å². The molecule has 27 heavy (non-hydrogen) atoms. The predicted molar refractivity (Wildman–Crippen MR) is 106 cm³/mol. The summed E-state index contributed by atoms with van der Waals surface area (Å²) in [5.74, 6) is 1.50. The van der Waals surface area contributed by atoms with E-state index >= 15 is 0 Å². The van der Waals surface area contributed by atoms with Gasteiger partial charge < -0.3 is 4.74 Å². The van der Waals surface area contributed by atoms with Gasteiger partial charge in [0, 0.05) is 12.6 Å². The van der Waals surface area contributed by atoms with E-state index in [9.17, 15) is 9.59 Å². The summed E-state index contributed by atoms with van der Waals surface area (Å²) in [5.41, 5.74) is 2.12. The van der Waals surface area contributed by atoms with Crippen LogP contribution in [-0.2, 0) is 9.53 Å². The molecule has 1 fully saturated rings. The Balaban J connectivity index is 1.79. The van der Waals surface area contributed by atoms with E-state index in [1.807, 2.05) is 31.2 Å². The van der Waals surface area contributed by atoms with Crippen LogP contribution in [-0.4, -0.2) is 22.9 Å². The van der Waals surface area contributed by atoms with Crippen LogP contribution in [0.5, 0.6) is 0 Å². The van der Waals surface area contributed by atoms with E-state index in [4.69, 9.17) is 4.74 Å². The van der Waals surface area contributed by atoms with Gasteiger partial charge in [0.2, 0.25) is 0 Å². The van der Waals surface area contributed by atoms with E-state index in [2.05, 4.69) is 20.8 Å². The van der Waals surface area contributed by atoms with Crippen molar-refractivity contribution in [3.05, 3.63) is 47.7 Å². The second kappa shape index (κ2) is 8.28. The Kier molecular flexibility index (Phi) is 6.03. The maximum Gasteiger partial charge on any atom is 0.414 e. The molecule has 3 rings (SSSR count). The Bertz CT molecular complexity index is 707. The number of rotatable bonds is 3. The predicted octanol–water partition coefficient (Wildman–Crippen LogP) is 5.42. The zero-order chi connectivity index (χ0) is 19.6. The molecule has 1 aromatic rings. The van der Waals surface area contributed by atoms with Crippen molar-refractivity contribution in [3.63, 3.8) is 0 Å². The van der Waals surface area contributed by atoms with Crippen molar-refractivity contribution in [3.8, 4) is 0 Å². The molecule has 1 aliphatic heterocycles. The topological polar surface area (TPSA) is 46.6 Å². The van der Waals surface area contributed by atoms with Crippen LogP contribution in [0.2, 0.25) is 0 Å². The third kappa shape index (κ3) is 4.60. The molecular formula is C23H31NO3. The third-order valence-corrected chi connectivity index (χ3v) is 6.04. The molecular weight excluding hydrogens is 338 g/mol. The Morgan fingerprint density at radius 3 is 2.56 bits per heavy atom. The lowest BCUT2D eigenvalue weighted by molar-refractivity contribution is -0.116. The summed E-state index contributed by atoms with van der Waals surface area (Å²) in [6, 6.07) is 7.71. The van der Waals surface area contributed by atoms with Gasteiger partial charge in [0.1, 0.15) is 6.10 Å². The van der Waals surface area contributed by atoms with E-state index < -0.39 is 0 Å². The second-order valence-electron chi connectivity index (χ2n) is 8.57. The number of ketones is 1. The van der Waals surface area contributed by atoms with Crippen LogP contribution in [0.15, 0.2) is 36.5 Å². The molecule has 0 unspecified atom stereocenters. The zero-order valence-corrected chi connectivity index (χ0v) is 16.9. The van der Waals surface area contributed by atoms with Crippen LogP contribution in [0.4, 0.5) is 4.79 Å². The number of ether oxygens (including phenoxy) is 1. The van der Waals surface area contributed by atoms with E-state index in [1.165, 1.54) is 12.5 Å². The van der Waals surface area contributed by atoms with Crippen LogP contribution < -0.4 is 0 Å². The summed E-state index contributed by atoms with van der Waals surface area (Å²) in [6.45, 7) is 8.66. The van der Waals surface area contributed by atoms with Crippen LogP contribution in [0, 0.1) is 24.7 Å². The molecule has 1 heterocycles. The van der Waals surface area contributed by atoms with Gasteiger partial charge in [-0.15, -0.1) is 0 Å². The molecule has 0 N–H and O–H groups in total. The van der Waals surface area contributed by atoms with Crippen molar-refractivity contribution in [2.75, 3.05) is 0 Å². The number of carbonyl (C=O) groups excluding carboxylic acids is 2. The molecule has 146 valence electrons. The maximum atomic E-state index is 13.0. The molecule has 0 aromatic heterocycles. The molecule has 1 aliphatic carbocycles. The number of hydrogen-bond donors (Lipinski definition) is 0. The monoisotopic (exact) mass is 369 g/mol. The standard InChI is InChI=1S/C23H31NO3/c1-15(2)20-10-7-17(4)13-22(20)27-23(26)24-12-11-19(25)14-21(24)18-8-5-16(3)6-9-18/h5-6,8-9,11-12,15,17,20-22H,7,10,13-14H2,1-4H3/t17-,20+,21-,22-/m1/s1. The quantitative estimate of drug-likeness (QED) is 0.714. The van der Waals surface area contributed by atoms with Gasteiger partial charge in [-0.3, -0.25) is 9.69 Å². The third-order valence-electron chi connectivity index (χ3n) is 6.04. The first-order valence-corrected chi connectivity index (χ1v) is 10.1. The van der Waals surface area contributed by atoms with Gasteiger partial charge in [0.25, 0.3) is 0 Å². The highest BCUT2D eigenvalue weighted by Crippen LogP contribution is 2.37. The van der Waals surface area contributed by atoms with Crippen molar-refractivity contribution < 1.29 is 14.3 Å². The molecule has 4 nitrogen and oxygen atoms in total. The zero-order valence-electron chi connectivity index (χ0n) is 16.9. The van der Waals surface area contributed by atoms with Gasteiger partial charge in [0.05, 0.1) is 6.04 Å². The van der Waals surface area contributed by atoms with Crippen molar-refractivity contribution in [1.29, 1.82) is 0 Å². The number of hydrogen-bond acceptors (Lipinski definition) is 3. The summed E-state index contributed by atoms with van der Waals surface area (Å²) in [5, 5.41) is 0. The molecule has 4 atom stereocenters. The Morgan fingerprint density at radius 1 is 1.19 bits per heavy atom. The maximum absolute atomic E-state index is 13.0. The normalized spacial score (nSPS) is 28.5. The van der Waals surface area contributed by atoms with Gasteiger partial charge in [-0.2, -0.15) is 0 Å². The number of nitrogens with zero attached hydrogens (tertiary/aromatic N) is 1. The van der Waals surface area contributed by atoms with Crippen molar-refractivity contribution in [2.24, 2.45) is 17.8 Å². The largest absolute Gasteiger partial charge is 0.446 e. The highest BCUT2D eigenvalue weighted by Gasteiger charge is 2.36. The molecule has 1 saturated carbocycles. The van der Waals surface area contributed by atoms with E-state index in [1.54, 1.807) is 11.1 Å². The first kappa shape index (κ1) is 19.7. The Labute approximate surface area is 162 Å². The fourth-order valence-electron chi connectivity index (χ4n) is 4.32. The lowest BCUT2D eigenvalue weighted by Gasteiger charge is -2.38. The smallest absolute Gasteiger partial charge is 0.414 e. The molecule has 0 radical (unpaired) electrons. The molecule has 4 heteroatoms. The minimum absolute atomic E-state index is 0.0379. The lowest BCUT2D eigenvalue weighted by Crippen LogP contribution is -2.41. The van der Waals surface area contributed by atoms with Gasteiger partial charge >= 0.3 is 6.09 Å². The molecule has 2 aliphatic rings. The fraction of sp³-hybridized carbons (Fsp3) is 0.565. The second-order valence-corrected chi connectivity index (χ2v) is 8.57. The number of benzene rings is 1. The highest BCUT2D eigenvalue weighted by atomic mass is 16.6. The minimum atomic E-state index is -0.339. The number of allylic oxidation sites excluding steroid dienone is 1.